The molecule has 128 valence electrons. The Balaban J connectivity index is 1.91. The summed E-state index contributed by atoms with van der Waals surface area (Å²) >= 11 is 1.54. The standard InChI is InChI=1S/C18H16N2O3S2/c1-19-18(21)13-8-10-14(11-9-13)25(22,23)20-16-6-3-2-5-15(16)17-7-4-12-24-17/h2-12,20H,1H3,(H,19,21). The number of thiophene rings is 1. The first-order chi connectivity index (χ1) is 12.0. The molecule has 1 amide bonds. The molecule has 0 spiro atoms. The molecule has 3 aromatic rings. The van der Waals surface area contributed by atoms with Crippen molar-refractivity contribution >= 4 is 33.0 Å². The van der Waals surface area contributed by atoms with E-state index in [1.54, 1.807) is 23.5 Å². The van der Waals surface area contributed by atoms with Crippen LogP contribution in [-0.4, -0.2) is 21.4 Å². The van der Waals surface area contributed by atoms with E-state index in [1.165, 1.54) is 31.3 Å². The van der Waals surface area contributed by atoms with Crippen LogP contribution in [0.5, 0.6) is 0 Å². The first-order valence-corrected chi connectivity index (χ1v) is 9.85. The molecule has 0 aliphatic carbocycles. The van der Waals surface area contributed by atoms with Crippen LogP contribution >= 0.6 is 11.3 Å². The van der Waals surface area contributed by atoms with Crippen molar-refractivity contribution in [3.8, 4) is 10.4 Å². The molecule has 0 aliphatic heterocycles. The van der Waals surface area contributed by atoms with Crippen LogP contribution in [0.4, 0.5) is 5.69 Å². The second-order valence-electron chi connectivity index (χ2n) is 5.23. The second kappa shape index (κ2) is 7.08. The van der Waals surface area contributed by atoms with E-state index >= 15 is 0 Å². The number of rotatable bonds is 5. The molecule has 2 N–H and O–H groups in total. The zero-order chi connectivity index (χ0) is 17.9. The van der Waals surface area contributed by atoms with Crippen molar-refractivity contribution in [1.29, 1.82) is 0 Å². The van der Waals surface area contributed by atoms with Crippen LogP contribution in [-0.2, 0) is 10.0 Å². The number of para-hydroxylation sites is 1. The summed E-state index contributed by atoms with van der Waals surface area (Å²) in [6.07, 6.45) is 0. The molecule has 0 unspecified atom stereocenters. The monoisotopic (exact) mass is 372 g/mol. The van der Waals surface area contributed by atoms with Crippen LogP contribution in [0.3, 0.4) is 0 Å². The lowest BCUT2D eigenvalue weighted by molar-refractivity contribution is 0.0963. The third-order valence-corrected chi connectivity index (χ3v) is 5.90. The maximum atomic E-state index is 12.7. The van der Waals surface area contributed by atoms with Gasteiger partial charge in [-0.25, -0.2) is 8.42 Å². The fourth-order valence-corrected chi connectivity index (χ4v) is 4.20. The van der Waals surface area contributed by atoms with E-state index in [-0.39, 0.29) is 10.8 Å². The lowest BCUT2D eigenvalue weighted by atomic mass is 10.1. The summed E-state index contributed by atoms with van der Waals surface area (Å²) in [6, 6.07) is 16.9. The molecule has 0 saturated heterocycles. The molecule has 0 aliphatic rings. The van der Waals surface area contributed by atoms with E-state index in [9.17, 15) is 13.2 Å². The van der Waals surface area contributed by atoms with Gasteiger partial charge in [0.1, 0.15) is 0 Å². The zero-order valence-corrected chi connectivity index (χ0v) is 15.0. The van der Waals surface area contributed by atoms with Gasteiger partial charge < -0.3 is 5.32 Å². The Kier molecular flexibility index (Phi) is 4.87. The molecule has 0 radical (unpaired) electrons. The molecule has 0 bridgehead atoms. The summed E-state index contributed by atoms with van der Waals surface area (Å²) in [5, 5.41) is 4.44. The third kappa shape index (κ3) is 3.72. The highest BCUT2D eigenvalue weighted by atomic mass is 32.2. The molecule has 1 heterocycles. The summed E-state index contributed by atoms with van der Waals surface area (Å²) in [4.78, 5) is 12.6. The van der Waals surface area contributed by atoms with Crippen LogP contribution in [0.25, 0.3) is 10.4 Å². The summed E-state index contributed by atoms with van der Waals surface area (Å²) in [5.41, 5.74) is 1.74. The minimum Gasteiger partial charge on any atom is -0.355 e. The van der Waals surface area contributed by atoms with Gasteiger partial charge in [-0.2, -0.15) is 0 Å². The van der Waals surface area contributed by atoms with Crippen molar-refractivity contribution in [2.24, 2.45) is 0 Å². The molecule has 7 heteroatoms. The molecular weight excluding hydrogens is 356 g/mol. The number of amides is 1. The van der Waals surface area contributed by atoms with E-state index < -0.39 is 10.0 Å². The van der Waals surface area contributed by atoms with Gasteiger partial charge in [0, 0.05) is 23.1 Å². The maximum absolute atomic E-state index is 12.7. The Morgan fingerprint density at radius 3 is 2.32 bits per heavy atom. The quantitative estimate of drug-likeness (QED) is 0.719. The molecule has 1 aromatic heterocycles. The van der Waals surface area contributed by atoms with Crippen LogP contribution in [0.2, 0.25) is 0 Å². The van der Waals surface area contributed by atoms with E-state index in [4.69, 9.17) is 0 Å². The van der Waals surface area contributed by atoms with Crippen molar-refractivity contribution in [2.45, 2.75) is 4.90 Å². The highest BCUT2D eigenvalue weighted by Gasteiger charge is 2.17. The number of hydrogen-bond donors (Lipinski definition) is 2. The van der Waals surface area contributed by atoms with Gasteiger partial charge >= 0.3 is 0 Å². The van der Waals surface area contributed by atoms with Crippen LogP contribution in [0.1, 0.15) is 10.4 Å². The SMILES string of the molecule is CNC(=O)c1ccc(S(=O)(=O)Nc2ccccc2-c2cccs2)cc1. The molecule has 5 nitrogen and oxygen atoms in total. The fraction of sp³-hybridized carbons (Fsp3) is 0.0556. The summed E-state index contributed by atoms with van der Waals surface area (Å²) in [5.74, 6) is -0.264. The van der Waals surface area contributed by atoms with Crippen LogP contribution < -0.4 is 10.0 Å². The Labute approximate surface area is 150 Å². The highest BCUT2D eigenvalue weighted by Crippen LogP contribution is 2.32. The number of nitrogens with one attached hydrogen (secondary N) is 2. The van der Waals surface area contributed by atoms with E-state index in [2.05, 4.69) is 10.0 Å². The summed E-state index contributed by atoms with van der Waals surface area (Å²) in [6.45, 7) is 0. The van der Waals surface area contributed by atoms with Crippen LogP contribution in [0, 0.1) is 0 Å². The molecule has 2 aromatic carbocycles. The molecule has 25 heavy (non-hydrogen) atoms. The number of carbonyl (C=O) groups is 1. The lowest BCUT2D eigenvalue weighted by Gasteiger charge is -2.12. The van der Waals surface area contributed by atoms with E-state index in [0.717, 1.165) is 10.4 Å². The van der Waals surface area contributed by atoms with Gasteiger partial charge in [-0.15, -0.1) is 11.3 Å². The van der Waals surface area contributed by atoms with Gasteiger partial charge in [0.15, 0.2) is 0 Å². The summed E-state index contributed by atoms with van der Waals surface area (Å²) < 4.78 is 28.0. The third-order valence-electron chi connectivity index (χ3n) is 3.61. The topological polar surface area (TPSA) is 75.3 Å². The predicted octanol–water partition coefficient (Wildman–Crippen LogP) is 3.58. The Morgan fingerprint density at radius 1 is 0.960 bits per heavy atom. The van der Waals surface area contributed by atoms with E-state index in [1.807, 2.05) is 29.6 Å². The molecule has 3 rings (SSSR count). The number of hydrogen-bond acceptors (Lipinski definition) is 4. The fourth-order valence-electron chi connectivity index (χ4n) is 2.35. The minimum absolute atomic E-state index is 0.0983. The number of anilines is 1. The normalized spacial score (nSPS) is 11.1. The van der Waals surface area contributed by atoms with Crippen molar-refractivity contribution in [3.63, 3.8) is 0 Å². The average molecular weight is 372 g/mol. The number of benzene rings is 2. The molecule has 0 atom stereocenters. The van der Waals surface area contributed by atoms with Gasteiger partial charge in [-0.1, -0.05) is 24.3 Å². The first-order valence-electron chi connectivity index (χ1n) is 7.49. The van der Waals surface area contributed by atoms with Gasteiger partial charge in [0.05, 0.1) is 10.6 Å². The second-order valence-corrected chi connectivity index (χ2v) is 7.86. The Morgan fingerprint density at radius 2 is 1.68 bits per heavy atom. The lowest BCUT2D eigenvalue weighted by Crippen LogP contribution is -2.18. The van der Waals surface area contributed by atoms with Gasteiger partial charge in [0.25, 0.3) is 15.9 Å². The Hall–Kier alpha value is -2.64. The van der Waals surface area contributed by atoms with Crippen molar-refractivity contribution in [1.82, 2.24) is 5.32 Å². The van der Waals surface area contributed by atoms with Crippen molar-refractivity contribution in [3.05, 3.63) is 71.6 Å². The van der Waals surface area contributed by atoms with Crippen molar-refractivity contribution < 1.29 is 13.2 Å². The molecule has 0 saturated carbocycles. The minimum atomic E-state index is -3.75. The van der Waals surface area contributed by atoms with Crippen LogP contribution in [0.15, 0.2) is 70.9 Å². The van der Waals surface area contributed by atoms with E-state index in [0.29, 0.717) is 11.3 Å². The maximum Gasteiger partial charge on any atom is 0.261 e. The smallest absolute Gasteiger partial charge is 0.261 e. The Bertz CT molecular complexity index is 979. The first kappa shape index (κ1) is 17.2. The number of carbonyl (C=O) groups excluding carboxylic acids is 1. The number of sulfonamides is 1. The van der Waals surface area contributed by atoms with Gasteiger partial charge in [-0.05, 0) is 41.8 Å². The van der Waals surface area contributed by atoms with Gasteiger partial charge in [-0.3, -0.25) is 9.52 Å². The van der Waals surface area contributed by atoms with Gasteiger partial charge in [0.2, 0.25) is 0 Å². The largest absolute Gasteiger partial charge is 0.355 e. The summed E-state index contributed by atoms with van der Waals surface area (Å²) in [7, 11) is -2.23. The predicted molar refractivity (Wildman–Crippen MR) is 100 cm³/mol. The highest BCUT2D eigenvalue weighted by molar-refractivity contribution is 7.92. The van der Waals surface area contributed by atoms with Crippen molar-refractivity contribution in [2.75, 3.05) is 11.8 Å². The average Bonchev–Trinajstić information content (AvgIpc) is 3.16. The zero-order valence-electron chi connectivity index (χ0n) is 13.4. The molecular formula is C18H16N2O3S2. The molecule has 0 fully saturated rings.